The average molecular weight is 307 g/mol. The highest BCUT2D eigenvalue weighted by molar-refractivity contribution is 5.78. The van der Waals surface area contributed by atoms with E-state index < -0.39 is 12.0 Å². The molecule has 1 amide bonds. The molecule has 1 atom stereocenters. The van der Waals surface area contributed by atoms with Crippen molar-refractivity contribution in [2.45, 2.75) is 25.5 Å². The van der Waals surface area contributed by atoms with E-state index in [1.54, 1.807) is 6.07 Å². The monoisotopic (exact) mass is 307 g/mol. The predicted molar refractivity (Wildman–Crippen MR) is 77.2 cm³/mol. The first-order valence-corrected chi connectivity index (χ1v) is 7.27. The first kappa shape index (κ1) is 14.9. The maximum atomic E-state index is 13.1. The van der Waals surface area contributed by atoms with E-state index in [2.05, 4.69) is 9.88 Å². The molecule has 6 nitrogen and oxygen atoms in total. The minimum absolute atomic E-state index is 0.0912. The van der Waals surface area contributed by atoms with Gasteiger partial charge in [0.2, 0.25) is 11.8 Å². The van der Waals surface area contributed by atoms with Gasteiger partial charge in [-0.2, -0.15) is 0 Å². The number of primary amides is 1. The van der Waals surface area contributed by atoms with E-state index in [1.807, 2.05) is 0 Å². The molecule has 1 fully saturated rings. The second kappa shape index (κ2) is 6.02. The van der Waals surface area contributed by atoms with E-state index >= 15 is 0 Å². The third kappa shape index (κ3) is 3.10. The summed E-state index contributed by atoms with van der Waals surface area (Å²) in [4.78, 5) is 17.4. The minimum Gasteiger partial charge on any atom is -0.439 e. The number of aliphatic hydroxyl groups is 1. The zero-order chi connectivity index (χ0) is 15.7. The summed E-state index contributed by atoms with van der Waals surface area (Å²) in [6.45, 7) is 1.97. The van der Waals surface area contributed by atoms with E-state index in [4.69, 9.17) is 10.2 Å². The summed E-state index contributed by atoms with van der Waals surface area (Å²) in [6, 6.07) is 4.25. The molecule has 2 aromatic rings. The van der Waals surface area contributed by atoms with Crippen LogP contribution in [0.4, 0.5) is 4.39 Å². The van der Waals surface area contributed by atoms with E-state index in [9.17, 15) is 14.3 Å². The number of hydrogen-bond donors (Lipinski definition) is 2. The number of fused-ring (bicyclic) bond motifs is 1. The van der Waals surface area contributed by atoms with E-state index in [0.717, 1.165) is 13.1 Å². The molecule has 3 N–H and O–H groups in total. The molecule has 1 aromatic heterocycles. The maximum absolute atomic E-state index is 13.1. The smallest absolute Gasteiger partial charge is 0.246 e. The van der Waals surface area contributed by atoms with Gasteiger partial charge in [0.15, 0.2) is 5.58 Å². The Hall–Kier alpha value is -1.99. The third-order valence-corrected chi connectivity index (χ3v) is 4.12. The van der Waals surface area contributed by atoms with Gasteiger partial charge in [0.1, 0.15) is 17.4 Å². The van der Waals surface area contributed by atoms with Crippen molar-refractivity contribution in [1.29, 1.82) is 0 Å². The van der Waals surface area contributed by atoms with Gasteiger partial charge in [0.05, 0.1) is 6.54 Å². The molecule has 22 heavy (non-hydrogen) atoms. The van der Waals surface area contributed by atoms with Crippen LogP contribution >= 0.6 is 0 Å². The van der Waals surface area contributed by atoms with Crippen molar-refractivity contribution >= 4 is 17.0 Å². The number of piperidine rings is 1. The van der Waals surface area contributed by atoms with Crippen LogP contribution in [0.2, 0.25) is 0 Å². The van der Waals surface area contributed by atoms with Crippen LogP contribution in [0.15, 0.2) is 22.6 Å². The lowest BCUT2D eigenvalue weighted by molar-refractivity contribution is -0.129. The molecule has 1 aromatic carbocycles. The van der Waals surface area contributed by atoms with Crippen molar-refractivity contribution < 1.29 is 18.7 Å². The molecule has 3 rings (SSSR count). The molecule has 0 saturated carbocycles. The highest BCUT2D eigenvalue weighted by atomic mass is 19.1. The van der Waals surface area contributed by atoms with Crippen LogP contribution < -0.4 is 5.73 Å². The van der Waals surface area contributed by atoms with Crippen molar-refractivity contribution in [1.82, 2.24) is 9.88 Å². The molecule has 0 radical (unpaired) electrons. The Kier molecular flexibility index (Phi) is 4.08. The number of oxazole rings is 1. The summed E-state index contributed by atoms with van der Waals surface area (Å²) in [6.07, 6.45) is 0.312. The molecular weight excluding hydrogens is 289 g/mol. The number of likely N-dealkylation sites (tertiary alicyclic amines) is 1. The molecule has 118 valence electrons. The number of aromatic nitrogens is 1. The van der Waals surface area contributed by atoms with Gasteiger partial charge in [-0.05, 0) is 44.0 Å². The lowest BCUT2D eigenvalue weighted by Crippen LogP contribution is -2.42. The summed E-state index contributed by atoms with van der Waals surface area (Å²) in [5.74, 6) is -0.561. The second-order valence-electron chi connectivity index (χ2n) is 5.68. The second-order valence-corrected chi connectivity index (χ2v) is 5.68. The Balaban J connectivity index is 1.61. The summed E-state index contributed by atoms with van der Waals surface area (Å²) in [7, 11) is 0. The Bertz CT molecular complexity index is 680. The predicted octanol–water partition coefficient (Wildman–Crippen LogP) is 1.03. The highest BCUT2D eigenvalue weighted by Gasteiger charge is 2.28. The standard InChI is InChI=1S/C15H18FN3O3/c16-10-1-2-12-11(7-10)18-13(22-12)8-19-5-3-9(4-6-19)14(20)15(17)21/h1-2,7,9,14,20H,3-6,8H2,(H2,17,21). The molecule has 1 aliphatic heterocycles. The number of rotatable bonds is 4. The normalized spacial score (nSPS) is 18.6. The lowest BCUT2D eigenvalue weighted by Gasteiger charge is -2.32. The first-order chi connectivity index (χ1) is 10.5. The van der Waals surface area contributed by atoms with Crippen LogP contribution in [0.3, 0.4) is 0 Å². The van der Waals surface area contributed by atoms with E-state index in [0.29, 0.717) is 36.4 Å². The number of amides is 1. The van der Waals surface area contributed by atoms with E-state index in [-0.39, 0.29) is 11.7 Å². The zero-order valence-electron chi connectivity index (χ0n) is 12.0. The fourth-order valence-electron chi connectivity index (χ4n) is 2.87. The van der Waals surface area contributed by atoms with Gasteiger partial charge in [-0.3, -0.25) is 9.69 Å². The molecular formula is C15H18FN3O3. The highest BCUT2D eigenvalue weighted by Crippen LogP contribution is 2.23. The Morgan fingerprint density at radius 1 is 1.50 bits per heavy atom. The molecule has 1 aliphatic rings. The van der Waals surface area contributed by atoms with Gasteiger partial charge in [-0.15, -0.1) is 0 Å². The van der Waals surface area contributed by atoms with Crippen LogP contribution in [0.1, 0.15) is 18.7 Å². The molecule has 0 bridgehead atoms. The number of nitrogens with two attached hydrogens (primary N) is 1. The summed E-state index contributed by atoms with van der Waals surface area (Å²) in [5, 5.41) is 9.69. The molecule has 0 aliphatic carbocycles. The van der Waals surface area contributed by atoms with Gasteiger partial charge in [-0.25, -0.2) is 9.37 Å². The summed E-state index contributed by atoms with van der Waals surface area (Å²) in [5.41, 5.74) is 6.20. The molecule has 2 heterocycles. The fraction of sp³-hybridized carbons (Fsp3) is 0.467. The Labute approximate surface area is 126 Å². The number of halogens is 1. The number of carbonyl (C=O) groups excluding carboxylic acids is 1. The number of nitrogens with zero attached hydrogens (tertiary/aromatic N) is 2. The first-order valence-electron chi connectivity index (χ1n) is 7.27. The third-order valence-electron chi connectivity index (χ3n) is 4.12. The van der Waals surface area contributed by atoms with Crippen LogP contribution in [0, 0.1) is 11.7 Å². The van der Waals surface area contributed by atoms with Gasteiger partial charge >= 0.3 is 0 Å². The average Bonchev–Trinajstić information content (AvgIpc) is 2.88. The number of benzene rings is 1. The van der Waals surface area contributed by atoms with E-state index in [1.165, 1.54) is 12.1 Å². The number of aliphatic hydroxyl groups excluding tert-OH is 1. The van der Waals surface area contributed by atoms with Crippen molar-refractivity contribution in [2.24, 2.45) is 11.7 Å². The maximum Gasteiger partial charge on any atom is 0.246 e. The SMILES string of the molecule is NC(=O)C(O)C1CCN(Cc2nc3cc(F)ccc3o2)CC1. The molecule has 1 unspecified atom stereocenters. The van der Waals surface area contributed by atoms with Crippen molar-refractivity contribution in [3.8, 4) is 0 Å². The largest absolute Gasteiger partial charge is 0.439 e. The van der Waals surface area contributed by atoms with Crippen molar-refractivity contribution in [3.05, 3.63) is 29.9 Å². The molecule has 0 spiro atoms. The fourth-order valence-corrected chi connectivity index (χ4v) is 2.87. The minimum atomic E-state index is -1.07. The van der Waals surface area contributed by atoms with Gasteiger partial charge in [-0.1, -0.05) is 0 Å². The van der Waals surface area contributed by atoms with Crippen molar-refractivity contribution in [2.75, 3.05) is 13.1 Å². The van der Waals surface area contributed by atoms with Crippen LogP contribution in [0.25, 0.3) is 11.1 Å². The Morgan fingerprint density at radius 3 is 2.91 bits per heavy atom. The topological polar surface area (TPSA) is 92.6 Å². The quantitative estimate of drug-likeness (QED) is 0.880. The summed E-state index contributed by atoms with van der Waals surface area (Å²) >= 11 is 0. The van der Waals surface area contributed by atoms with Gasteiger partial charge in [0.25, 0.3) is 0 Å². The van der Waals surface area contributed by atoms with Gasteiger partial charge in [0, 0.05) is 6.07 Å². The van der Waals surface area contributed by atoms with Crippen molar-refractivity contribution in [3.63, 3.8) is 0 Å². The number of hydrogen-bond acceptors (Lipinski definition) is 5. The Morgan fingerprint density at radius 2 is 2.23 bits per heavy atom. The summed E-state index contributed by atoms with van der Waals surface area (Å²) < 4.78 is 18.7. The number of carbonyl (C=O) groups is 1. The zero-order valence-corrected chi connectivity index (χ0v) is 12.0. The lowest BCUT2D eigenvalue weighted by atomic mass is 9.91. The van der Waals surface area contributed by atoms with Gasteiger partial charge < -0.3 is 15.3 Å². The molecule has 7 heteroatoms. The van der Waals surface area contributed by atoms with Crippen LogP contribution in [-0.4, -0.2) is 40.1 Å². The van der Waals surface area contributed by atoms with Crippen LogP contribution in [-0.2, 0) is 11.3 Å². The van der Waals surface area contributed by atoms with Crippen LogP contribution in [0.5, 0.6) is 0 Å². The molecule has 1 saturated heterocycles.